The lowest BCUT2D eigenvalue weighted by Crippen LogP contribution is -2.02. The number of carbonyl (C=O) groups is 1. The van der Waals surface area contributed by atoms with Gasteiger partial charge in [0.1, 0.15) is 0 Å². The van der Waals surface area contributed by atoms with Crippen LogP contribution in [0, 0.1) is 23.5 Å². The van der Waals surface area contributed by atoms with E-state index in [-0.39, 0.29) is 15.5 Å². The number of rotatable bonds is 2. The molecular weight excluding hydrogens is 270 g/mol. The molecule has 0 atom stereocenters. The van der Waals surface area contributed by atoms with E-state index in [1.54, 1.807) is 0 Å². The van der Waals surface area contributed by atoms with Crippen molar-refractivity contribution >= 4 is 17.1 Å². The normalized spacial score (nSPS) is 10.7. The molecule has 0 saturated heterocycles. The highest BCUT2D eigenvalue weighted by atomic mass is 32.1. The Morgan fingerprint density at radius 3 is 2.11 bits per heavy atom. The van der Waals surface area contributed by atoms with Crippen molar-refractivity contribution in [2.45, 2.75) is 6.92 Å². The molecule has 7 heteroatoms. The topological polar surface area (TPSA) is 30.0 Å². The molecular formula is C11H5F4NOS. The first-order valence-electron chi connectivity index (χ1n) is 4.73. The Labute approximate surface area is 103 Å². The van der Waals surface area contributed by atoms with E-state index in [9.17, 15) is 22.4 Å². The molecule has 94 valence electrons. The smallest absolute Gasteiger partial charge is 0.252 e. The van der Waals surface area contributed by atoms with E-state index in [0.717, 1.165) is 11.3 Å². The molecule has 2 rings (SSSR count). The minimum Gasteiger partial charge on any atom is -0.294 e. The minimum atomic E-state index is -1.72. The van der Waals surface area contributed by atoms with E-state index in [1.165, 1.54) is 19.1 Å². The number of pyridine rings is 1. The van der Waals surface area contributed by atoms with E-state index in [2.05, 4.69) is 4.98 Å². The molecule has 0 saturated carbocycles. The molecule has 18 heavy (non-hydrogen) atoms. The second-order valence-electron chi connectivity index (χ2n) is 3.42. The second-order valence-corrected chi connectivity index (χ2v) is 4.50. The Morgan fingerprint density at radius 1 is 1.11 bits per heavy atom. The third kappa shape index (κ3) is 2.01. The van der Waals surface area contributed by atoms with Crippen LogP contribution in [0.5, 0.6) is 0 Å². The standard InChI is InChI=1S/C11H5F4NOS/c1-4(17)5-2-3-6(18-5)7-8(12)10(14)16-11(15)9(7)13/h2-3H,1H3. The molecule has 0 aliphatic carbocycles. The molecule has 0 aromatic carbocycles. The van der Waals surface area contributed by atoms with Gasteiger partial charge in [0, 0.05) is 4.88 Å². The molecule has 2 aromatic heterocycles. The van der Waals surface area contributed by atoms with Crippen molar-refractivity contribution in [2.24, 2.45) is 0 Å². The first kappa shape index (κ1) is 12.7. The van der Waals surface area contributed by atoms with E-state index >= 15 is 0 Å². The number of nitrogens with zero attached hydrogens (tertiary/aromatic N) is 1. The highest BCUT2D eigenvalue weighted by molar-refractivity contribution is 7.17. The Bertz CT molecular complexity index is 612. The zero-order valence-electron chi connectivity index (χ0n) is 8.93. The number of aromatic nitrogens is 1. The summed E-state index contributed by atoms with van der Waals surface area (Å²) in [7, 11) is 0. The zero-order valence-corrected chi connectivity index (χ0v) is 9.75. The quantitative estimate of drug-likeness (QED) is 0.476. The Balaban J connectivity index is 2.66. The van der Waals surface area contributed by atoms with Gasteiger partial charge in [-0.15, -0.1) is 11.3 Å². The van der Waals surface area contributed by atoms with Crippen molar-refractivity contribution in [1.82, 2.24) is 4.98 Å². The third-order valence-electron chi connectivity index (χ3n) is 2.20. The van der Waals surface area contributed by atoms with Gasteiger partial charge in [0.15, 0.2) is 17.4 Å². The summed E-state index contributed by atoms with van der Waals surface area (Å²) in [5.41, 5.74) is -0.850. The van der Waals surface area contributed by atoms with Crippen LogP contribution in [0.1, 0.15) is 16.6 Å². The second kappa shape index (κ2) is 4.49. The fourth-order valence-electron chi connectivity index (χ4n) is 1.36. The molecule has 0 aliphatic heterocycles. The van der Waals surface area contributed by atoms with Gasteiger partial charge in [-0.2, -0.15) is 13.8 Å². The monoisotopic (exact) mass is 275 g/mol. The van der Waals surface area contributed by atoms with Gasteiger partial charge in [-0.3, -0.25) is 4.79 Å². The van der Waals surface area contributed by atoms with Crippen LogP contribution in [0.2, 0.25) is 0 Å². The largest absolute Gasteiger partial charge is 0.294 e. The Morgan fingerprint density at radius 2 is 1.67 bits per heavy atom. The van der Waals surface area contributed by atoms with Crippen LogP contribution in [-0.2, 0) is 0 Å². The van der Waals surface area contributed by atoms with E-state index in [0.29, 0.717) is 0 Å². The molecule has 2 aromatic rings. The van der Waals surface area contributed by atoms with Crippen LogP contribution in [-0.4, -0.2) is 10.8 Å². The third-order valence-corrected chi connectivity index (χ3v) is 3.40. The average molecular weight is 275 g/mol. The van der Waals surface area contributed by atoms with Crippen LogP contribution < -0.4 is 0 Å². The Hall–Kier alpha value is -1.76. The van der Waals surface area contributed by atoms with Crippen LogP contribution in [0.3, 0.4) is 0 Å². The maximum absolute atomic E-state index is 13.4. The van der Waals surface area contributed by atoms with Crippen molar-refractivity contribution in [2.75, 3.05) is 0 Å². The van der Waals surface area contributed by atoms with Gasteiger partial charge in [0.05, 0.1) is 10.4 Å². The lowest BCUT2D eigenvalue weighted by molar-refractivity contribution is 0.102. The maximum Gasteiger partial charge on any atom is 0.252 e. The highest BCUT2D eigenvalue weighted by Gasteiger charge is 2.23. The summed E-state index contributed by atoms with van der Waals surface area (Å²) in [4.78, 5) is 13.7. The number of hydrogen-bond acceptors (Lipinski definition) is 3. The highest BCUT2D eigenvalue weighted by Crippen LogP contribution is 2.33. The summed E-state index contributed by atoms with van der Waals surface area (Å²) in [6.45, 7) is 1.27. The predicted molar refractivity (Wildman–Crippen MR) is 57.4 cm³/mol. The van der Waals surface area contributed by atoms with E-state index in [1.807, 2.05) is 0 Å². The fourth-order valence-corrected chi connectivity index (χ4v) is 2.30. The molecule has 2 nitrogen and oxygen atoms in total. The molecule has 0 N–H and O–H groups in total. The number of hydrogen-bond donors (Lipinski definition) is 0. The summed E-state index contributed by atoms with van der Waals surface area (Å²) in [6.07, 6.45) is 0. The lowest BCUT2D eigenvalue weighted by Gasteiger charge is -2.03. The van der Waals surface area contributed by atoms with E-state index in [4.69, 9.17) is 0 Å². The average Bonchev–Trinajstić information content (AvgIpc) is 2.76. The van der Waals surface area contributed by atoms with Crippen molar-refractivity contribution < 1.29 is 22.4 Å². The molecule has 0 aliphatic rings. The van der Waals surface area contributed by atoms with Crippen molar-refractivity contribution in [3.8, 4) is 10.4 Å². The summed E-state index contributed by atoms with van der Waals surface area (Å²) in [6, 6.07) is 2.55. The summed E-state index contributed by atoms with van der Waals surface area (Å²) >= 11 is 0.749. The molecule has 0 spiro atoms. The summed E-state index contributed by atoms with van der Waals surface area (Å²) in [5.74, 6) is -6.90. The molecule has 0 amide bonds. The van der Waals surface area contributed by atoms with Gasteiger partial charge in [-0.1, -0.05) is 0 Å². The molecule has 0 bridgehead atoms. The van der Waals surface area contributed by atoms with E-state index < -0.39 is 29.1 Å². The van der Waals surface area contributed by atoms with Crippen molar-refractivity contribution in [3.05, 3.63) is 40.5 Å². The number of halogens is 4. The molecule has 0 fully saturated rings. The summed E-state index contributed by atoms with van der Waals surface area (Å²) < 4.78 is 52.7. The SMILES string of the molecule is CC(=O)c1ccc(-c2c(F)c(F)nc(F)c2F)s1. The Kier molecular flexibility index (Phi) is 3.16. The number of Topliss-reactive ketones (excluding diaryl/α,β-unsaturated/α-hetero) is 1. The van der Waals surface area contributed by atoms with Gasteiger partial charge in [-0.05, 0) is 19.1 Å². The van der Waals surface area contributed by atoms with Gasteiger partial charge in [0.2, 0.25) is 0 Å². The molecule has 0 radical (unpaired) electrons. The first-order valence-corrected chi connectivity index (χ1v) is 5.54. The maximum atomic E-state index is 13.4. The van der Waals surface area contributed by atoms with Gasteiger partial charge in [0.25, 0.3) is 11.9 Å². The van der Waals surface area contributed by atoms with Crippen molar-refractivity contribution in [1.29, 1.82) is 0 Å². The van der Waals surface area contributed by atoms with Gasteiger partial charge >= 0.3 is 0 Å². The van der Waals surface area contributed by atoms with Crippen LogP contribution >= 0.6 is 11.3 Å². The minimum absolute atomic E-state index is 0.0737. The van der Waals surface area contributed by atoms with Crippen LogP contribution in [0.4, 0.5) is 17.6 Å². The zero-order chi connectivity index (χ0) is 13.4. The molecule has 2 heterocycles. The number of thiophene rings is 1. The number of carbonyl (C=O) groups excluding carboxylic acids is 1. The number of ketones is 1. The predicted octanol–water partition coefficient (Wildman–Crippen LogP) is 3.57. The molecule has 0 unspecified atom stereocenters. The van der Waals surface area contributed by atoms with Crippen LogP contribution in [0.15, 0.2) is 12.1 Å². The van der Waals surface area contributed by atoms with Gasteiger partial charge in [-0.25, -0.2) is 8.78 Å². The van der Waals surface area contributed by atoms with Gasteiger partial charge < -0.3 is 0 Å². The van der Waals surface area contributed by atoms with Crippen LogP contribution in [0.25, 0.3) is 10.4 Å². The first-order chi connectivity index (χ1) is 8.41. The fraction of sp³-hybridized carbons (Fsp3) is 0.0909. The lowest BCUT2D eigenvalue weighted by atomic mass is 10.2. The summed E-state index contributed by atoms with van der Waals surface area (Å²) in [5, 5.41) is 0. The van der Waals surface area contributed by atoms with Crippen molar-refractivity contribution in [3.63, 3.8) is 0 Å².